The summed E-state index contributed by atoms with van der Waals surface area (Å²) in [4.78, 5) is 2.55. The van der Waals surface area contributed by atoms with Gasteiger partial charge in [-0.15, -0.1) is 0 Å². The molecule has 2 rings (SSSR count). The molecule has 0 spiro atoms. The molecule has 1 saturated heterocycles. The minimum Gasteiger partial charge on any atom is -0.329 e. The molecule has 88 valence electrons. The Kier molecular flexibility index (Phi) is 4.69. The monoisotopic (exact) mass is 236 g/mol. The highest BCUT2D eigenvalue weighted by Crippen LogP contribution is 2.14. The molecule has 0 aromatic heterocycles. The predicted octanol–water partition coefficient (Wildman–Crippen LogP) is 1.61. The lowest BCUT2D eigenvalue weighted by atomic mass is 10.0. The highest BCUT2D eigenvalue weighted by molar-refractivity contribution is 7.99. The first-order valence-corrected chi connectivity index (χ1v) is 7.11. The van der Waals surface area contributed by atoms with Crippen molar-refractivity contribution >= 4 is 11.8 Å². The van der Waals surface area contributed by atoms with Gasteiger partial charge in [0.05, 0.1) is 0 Å². The van der Waals surface area contributed by atoms with Crippen molar-refractivity contribution in [2.24, 2.45) is 5.73 Å². The van der Waals surface area contributed by atoms with Gasteiger partial charge in [0.2, 0.25) is 0 Å². The van der Waals surface area contributed by atoms with Crippen LogP contribution in [0.15, 0.2) is 30.3 Å². The number of hydrogen-bond donors (Lipinski definition) is 1. The molecule has 16 heavy (non-hydrogen) atoms. The van der Waals surface area contributed by atoms with E-state index in [-0.39, 0.29) is 0 Å². The third-order valence-corrected chi connectivity index (χ3v) is 4.09. The minimum atomic E-state index is 0.517. The van der Waals surface area contributed by atoms with Gasteiger partial charge in [-0.3, -0.25) is 4.90 Å². The largest absolute Gasteiger partial charge is 0.329 e. The van der Waals surface area contributed by atoms with Crippen LogP contribution in [0.2, 0.25) is 0 Å². The van der Waals surface area contributed by atoms with Crippen LogP contribution >= 0.6 is 11.8 Å². The Morgan fingerprint density at radius 3 is 2.50 bits per heavy atom. The zero-order valence-electron chi connectivity index (χ0n) is 9.64. The Balaban J connectivity index is 1.94. The zero-order valence-corrected chi connectivity index (χ0v) is 10.5. The standard InChI is InChI=1S/C13H20N2S/c14-11-13(15-6-8-16-9-7-15)10-12-4-2-1-3-5-12/h1-5,13H,6-11,14H2. The summed E-state index contributed by atoms with van der Waals surface area (Å²) in [6, 6.07) is 11.2. The van der Waals surface area contributed by atoms with Gasteiger partial charge >= 0.3 is 0 Å². The predicted molar refractivity (Wildman–Crippen MR) is 71.9 cm³/mol. The van der Waals surface area contributed by atoms with Crippen LogP contribution in [-0.2, 0) is 6.42 Å². The van der Waals surface area contributed by atoms with Crippen molar-refractivity contribution in [3.63, 3.8) is 0 Å². The summed E-state index contributed by atoms with van der Waals surface area (Å²) in [5.74, 6) is 2.51. The second-order valence-corrected chi connectivity index (χ2v) is 5.45. The van der Waals surface area contributed by atoms with E-state index in [1.807, 2.05) is 0 Å². The van der Waals surface area contributed by atoms with E-state index in [0.717, 1.165) is 13.0 Å². The van der Waals surface area contributed by atoms with Crippen LogP contribution in [0.1, 0.15) is 5.56 Å². The van der Waals surface area contributed by atoms with Crippen LogP contribution in [0.25, 0.3) is 0 Å². The van der Waals surface area contributed by atoms with Gasteiger partial charge in [-0.2, -0.15) is 11.8 Å². The van der Waals surface area contributed by atoms with E-state index in [9.17, 15) is 0 Å². The number of nitrogens with zero attached hydrogens (tertiary/aromatic N) is 1. The van der Waals surface area contributed by atoms with Crippen LogP contribution < -0.4 is 5.73 Å². The number of thioether (sulfide) groups is 1. The first-order valence-electron chi connectivity index (χ1n) is 5.96. The number of benzene rings is 1. The summed E-state index contributed by atoms with van der Waals surface area (Å²) >= 11 is 2.05. The van der Waals surface area contributed by atoms with Crippen molar-refractivity contribution in [2.45, 2.75) is 12.5 Å². The fourth-order valence-corrected chi connectivity index (χ4v) is 3.12. The fourth-order valence-electron chi connectivity index (χ4n) is 2.19. The third kappa shape index (κ3) is 3.24. The maximum absolute atomic E-state index is 5.90. The van der Waals surface area contributed by atoms with Crippen molar-refractivity contribution in [3.8, 4) is 0 Å². The maximum atomic E-state index is 5.90. The molecule has 1 aromatic rings. The van der Waals surface area contributed by atoms with E-state index >= 15 is 0 Å². The van der Waals surface area contributed by atoms with E-state index in [1.54, 1.807) is 0 Å². The van der Waals surface area contributed by atoms with Crippen molar-refractivity contribution < 1.29 is 0 Å². The number of nitrogens with two attached hydrogens (primary N) is 1. The molecule has 0 bridgehead atoms. The van der Waals surface area contributed by atoms with Gasteiger partial charge in [0.1, 0.15) is 0 Å². The van der Waals surface area contributed by atoms with Crippen LogP contribution in [-0.4, -0.2) is 42.1 Å². The first kappa shape index (κ1) is 12.0. The van der Waals surface area contributed by atoms with Gasteiger partial charge in [-0.25, -0.2) is 0 Å². The normalized spacial score (nSPS) is 19.6. The Labute approximate surface area is 102 Å². The molecule has 0 radical (unpaired) electrons. The van der Waals surface area contributed by atoms with Crippen LogP contribution in [0, 0.1) is 0 Å². The van der Waals surface area contributed by atoms with E-state index in [4.69, 9.17) is 5.73 Å². The van der Waals surface area contributed by atoms with E-state index < -0.39 is 0 Å². The van der Waals surface area contributed by atoms with E-state index in [2.05, 4.69) is 47.0 Å². The Morgan fingerprint density at radius 2 is 1.88 bits per heavy atom. The fraction of sp³-hybridized carbons (Fsp3) is 0.538. The number of rotatable bonds is 4. The smallest absolute Gasteiger partial charge is 0.0259 e. The summed E-state index contributed by atoms with van der Waals surface area (Å²) in [6.45, 7) is 3.15. The Hall–Kier alpha value is -0.510. The molecule has 1 aliphatic rings. The van der Waals surface area contributed by atoms with Gasteiger partial charge in [-0.05, 0) is 12.0 Å². The molecule has 2 nitrogen and oxygen atoms in total. The molecule has 1 aliphatic heterocycles. The molecule has 0 amide bonds. The van der Waals surface area contributed by atoms with Crippen molar-refractivity contribution in [1.82, 2.24) is 4.90 Å². The van der Waals surface area contributed by atoms with Crippen LogP contribution in [0.3, 0.4) is 0 Å². The Morgan fingerprint density at radius 1 is 1.19 bits per heavy atom. The molecule has 1 atom stereocenters. The minimum absolute atomic E-state index is 0.517. The number of hydrogen-bond acceptors (Lipinski definition) is 3. The van der Waals surface area contributed by atoms with Gasteiger partial charge in [0.15, 0.2) is 0 Å². The highest BCUT2D eigenvalue weighted by Gasteiger charge is 2.19. The lowest BCUT2D eigenvalue weighted by Gasteiger charge is -2.33. The summed E-state index contributed by atoms with van der Waals surface area (Å²) in [5.41, 5.74) is 7.30. The first-order chi connectivity index (χ1) is 7.90. The molecular formula is C13H20N2S. The van der Waals surface area contributed by atoms with E-state index in [1.165, 1.54) is 30.2 Å². The average molecular weight is 236 g/mol. The summed E-state index contributed by atoms with van der Waals surface area (Å²) in [5, 5.41) is 0. The van der Waals surface area contributed by atoms with Gasteiger partial charge in [0.25, 0.3) is 0 Å². The van der Waals surface area contributed by atoms with Gasteiger partial charge in [-0.1, -0.05) is 30.3 Å². The third-order valence-electron chi connectivity index (χ3n) is 3.15. The lowest BCUT2D eigenvalue weighted by molar-refractivity contribution is 0.219. The molecular weight excluding hydrogens is 216 g/mol. The molecule has 1 aromatic carbocycles. The molecule has 0 saturated carbocycles. The van der Waals surface area contributed by atoms with Crippen molar-refractivity contribution in [1.29, 1.82) is 0 Å². The maximum Gasteiger partial charge on any atom is 0.0259 e. The van der Waals surface area contributed by atoms with Crippen molar-refractivity contribution in [3.05, 3.63) is 35.9 Å². The van der Waals surface area contributed by atoms with Crippen LogP contribution in [0.5, 0.6) is 0 Å². The molecule has 1 heterocycles. The molecule has 1 unspecified atom stereocenters. The highest BCUT2D eigenvalue weighted by atomic mass is 32.2. The van der Waals surface area contributed by atoms with Gasteiger partial charge in [0, 0.05) is 37.2 Å². The summed E-state index contributed by atoms with van der Waals surface area (Å²) in [7, 11) is 0. The summed E-state index contributed by atoms with van der Waals surface area (Å²) < 4.78 is 0. The quantitative estimate of drug-likeness (QED) is 0.861. The molecule has 2 N–H and O–H groups in total. The lowest BCUT2D eigenvalue weighted by Crippen LogP contribution is -2.46. The van der Waals surface area contributed by atoms with Gasteiger partial charge < -0.3 is 5.73 Å². The Bertz CT molecular complexity index is 296. The molecule has 0 aliphatic carbocycles. The average Bonchev–Trinajstić information content (AvgIpc) is 2.38. The topological polar surface area (TPSA) is 29.3 Å². The summed E-state index contributed by atoms with van der Waals surface area (Å²) in [6.07, 6.45) is 1.09. The second kappa shape index (κ2) is 6.28. The molecule has 1 fully saturated rings. The molecule has 3 heteroatoms. The van der Waals surface area contributed by atoms with E-state index in [0.29, 0.717) is 6.04 Å². The van der Waals surface area contributed by atoms with Crippen LogP contribution in [0.4, 0.5) is 0 Å². The SMILES string of the molecule is NCC(Cc1ccccc1)N1CCSCC1. The zero-order chi connectivity index (χ0) is 11.2. The van der Waals surface area contributed by atoms with Crippen molar-refractivity contribution in [2.75, 3.05) is 31.1 Å². The second-order valence-electron chi connectivity index (χ2n) is 4.23.